The molecule has 0 fully saturated rings. The predicted octanol–water partition coefficient (Wildman–Crippen LogP) is 14.1. The van der Waals surface area contributed by atoms with Crippen molar-refractivity contribution >= 4 is 103 Å². The van der Waals surface area contributed by atoms with Gasteiger partial charge in [0, 0.05) is 46.2 Å². The Morgan fingerprint density at radius 1 is 0.376 bits per heavy atom. The van der Waals surface area contributed by atoms with Crippen molar-refractivity contribution in [1.29, 1.82) is 0 Å². The van der Waals surface area contributed by atoms with Crippen LogP contribution in [-0.2, 0) is 0 Å². The van der Waals surface area contributed by atoms with Gasteiger partial charge in [0.1, 0.15) is 76.8 Å². The molecule has 6 aromatic carbocycles. The lowest BCUT2D eigenvalue weighted by Crippen LogP contribution is -2.20. The molecule has 0 aliphatic carbocycles. The largest absolute Gasteiger partial charge is 0.383 e. The summed E-state index contributed by atoms with van der Waals surface area (Å²) < 4.78 is 63.4. The number of nitrogens with one attached hydrogen (secondary N) is 6. The van der Waals surface area contributed by atoms with Crippen LogP contribution in [0.25, 0.3) is 66.9 Å². The fraction of sp³-hybridized carbons (Fsp3) is 0.169. The summed E-state index contributed by atoms with van der Waals surface area (Å²) in [5.41, 5.74) is 25.7. The number of benzene rings is 6. The van der Waals surface area contributed by atoms with Crippen LogP contribution in [0.15, 0.2) is 146 Å². The fourth-order valence-corrected chi connectivity index (χ4v) is 9.79. The van der Waals surface area contributed by atoms with Crippen molar-refractivity contribution in [3.05, 3.63) is 181 Å². The van der Waals surface area contributed by atoms with Gasteiger partial charge in [-0.1, -0.05) is 54.6 Å². The van der Waals surface area contributed by atoms with Crippen molar-refractivity contribution in [2.24, 2.45) is 0 Å². The minimum Gasteiger partial charge on any atom is -0.383 e. The first-order valence-electron chi connectivity index (χ1n) is 29.0. The first-order chi connectivity index (χ1) is 44.5. The van der Waals surface area contributed by atoms with Gasteiger partial charge in [0.2, 0.25) is 0 Å². The molecule has 0 spiro atoms. The van der Waals surface area contributed by atoms with Gasteiger partial charge in [-0.3, -0.25) is 0 Å². The molecule has 6 heterocycles. The van der Waals surface area contributed by atoms with E-state index in [1.54, 1.807) is 75.6 Å². The molecule has 0 unspecified atom stereocenters. The molecule has 6 amide bonds. The maximum atomic E-state index is 14.8. The highest BCUT2D eigenvalue weighted by Gasteiger charge is 2.24. The molecule has 12 aromatic rings. The van der Waals surface area contributed by atoms with E-state index in [0.29, 0.717) is 78.2 Å². The van der Waals surface area contributed by atoms with Crippen LogP contribution in [0.3, 0.4) is 0 Å². The van der Waals surface area contributed by atoms with Gasteiger partial charge in [-0.2, -0.15) is 15.3 Å². The van der Waals surface area contributed by atoms with Gasteiger partial charge in [-0.15, -0.1) is 0 Å². The molecule has 24 nitrogen and oxygen atoms in total. The number of nitrogens with two attached hydrogens (primary N) is 3. The number of hydrogen-bond donors (Lipinski definition) is 9. The minimum atomic E-state index is -0.770. The Hall–Kier alpha value is -12.1. The molecule has 474 valence electrons. The lowest BCUT2D eigenvalue weighted by atomic mass is 10.1. The smallest absolute Gasteiger partial charge is 0.323 e. The number of aryl methyl sites for hydroxylation is 2. The average Bonchev–Trinajstić information content (AvgIpc) is 1.66. The summed E-state index contributed by atoms with van der Waals surface area (Å²) in [4.78, 5) is 61.6. The van der Waals surface area contributed by atoms with E-state index in [4.69, 9.17) is 17.2 Å². The number of amides is 6. The summed E-state index contributed by atoms with van der Waals surface area (Å²) >= 11 is 0. The molecular formula is C65H63F4N21O3. The van der Waals surface area contributed by atoms with Crippen LogP contribution >= 0.6 is 0 Å². The number of fused-ring (bicyclic) bond motifs is 3. The highest BCUT2D eigenvalue weighted by molar-refractivity contribution is 6.04. The van der Waals surface area contributed by atoms with Crippen molar-refractivity contribution in [2.75, 3.05) is 49.1 Å². The zero-order valence-electron chi connectivity index (χ0n) is 51.4. The number of nitrogen functional groups attached to an aromatic ring is 3. The molecule has 28 heteroatoms. The van der Waals surface area contributed by atoms with Gasteiger partial charge in [-0.25, -0.2) is 75.9 Å². The Morgan fingerprint density at radius 3 is 1.11 bits per heavy atom. The molecule has 12 N–H and O–H groups in total. The third-order valence-corrected chi connectivity index (χ3v) is 14.2. The Labute approximate surface area is 529 Å². The van der Waals surface area contributed by atoms with E-state index in [-0.39, 0.29) is 58.3 Å². The zero-order chi connectivity index (χ0) is 66.4. The first-order valence-corrected chi connectivity index (χ1v) is 29.0. The van der Waals surface area contributed by atoms with E-state index in [1.165, 1.54) is 67.5 Å². The van der Waals surface area contributed by atoms with E-state index in [0.717, 1.165) is 11.1 Å². The number of carbonyl (C=O) groups is 3. The summed E-state index contributed by atoms with van der Waals surface area (Å²) in [5.74, 6) is -1.70. The highest BCUT2D eigenvalue weighted by atomic mass is 19.1. The molecule has 0 saturated carbocycles. The van der Waals surface area contributed by atoms with Gasteiger partial charge >= 0.3 is 18.1 Å². The number of nitrogens with zero attached hydrogens (tertiary/aromatic N) is 12. The van der Waals surface area contributed by atoms with E-state index < -0.39 is 41.4 Å². The Kier molecular flexibility index (Phi) is 18.8. The number of halogens is 4. The van der Waals surface area contributed by atoms with E-state index in [1.807, 2.05) is 72.7 Å². The second-order valence-corrected chi connectivity index (χ2v) is 22.1. The number of rotatable bonds is 12. The zero-order valence-corrected chi connectivity index (χ0v) is 51.4. The Balaban J connectivity index is 0.000000153. The van der Waals surface area contributed by atoms with Crippen molar-refractivity contribution in [1.82, 2.24) is 59.2 Å². The maximum absolute atomic E-state index is 14.8. The SMILES string of the molecule is CC(C)n1nc(-c2ccc(NC(=O)Nc3ccccc3)c(F)c2)c2c(N)ncnc21.Cc1ccc(F)c(NC(=O)Nc2ccc(-c3nn(C(C)C)c4ncnc(N)c34)cc2F)c1.Cc1cccc(NC(=O)Nc2ccc(-c3nn(C(C)C)c4ncnc(N)c34)cc2F)c1. The molecule has 0 atom stereocenters. The molecule has 0 aliphatic rings. The second-order valence-electron chi connectivity index (χ2n) is 22.1. The van der Waals surface area contributed by atoms with Gasteiger partial charge in [0.05, 0.1) is 38.9 Å². The lowest BCUT2D eigenvalue weighted by molar-refractivity contribution is 0.261. The number of anilines is 9. The number of carbonyl (C=O) groups excluding carboxylic acids is 3. The van der Waals surface area contributed by atoms with Gasteiger partial charge < -0.3 is 49.1 Å². The van der Waals surface area contributed by atoms with Crippen LogP contribution in [0.4, 0.5) is 83.5 Å². The fourth-order valence-electron chi connectivity index (χ4n) is 9.79. The average molecular weight is 1260 g/mol. The van der Waals surface area contributed by atoms with Crippen molar-refractivity contribution < 1.29 is 31.9 Å². The summed E-state index contributed by atoms with van der Waals surface area (Å²) in [6.07, 6.45) is 4.11. The number of hydrogen-bond acceptors (Lipinski definition) is 15. The minimum absolute atomic E-state index is 0.000647. The molecule has 0 radical (unpaired) electrons. The van der Waals surface area contributed by atoms with Crippen LogP contribution < -0.4 is 49.1 Å². The summed E-state index contributed by atoms with van der Waals surface area (Å²) in [6.45, 7) is 15.4. The van der Waals surface area contributed by atoms with Crippen LogP contribution in [0.2, 0.25) is 0 Å². The molecule has 0 aliphatic heterocycles. The number of para-hydroxylation sites is 1. The Morgan fingerprint density at radius 2 is 0.731 bits per heavy atom. The quantitative estimate of drug-likeness (QED) is 0.0513. The van der Waals surface area contributed by atoms with Crippen LogP contribution in [0, 0.1) is 37.1 Å². The standard InChI is InChI=1S/C22H21F2N7O.C22H22FN7O.C21H20FN7O/c1-11(2)31-21-18(20(25)26-10-27-21)19(30-31)13-5-7-16(15(24)9-13)28-22(32)29-17-8-12(3)4-6-14(17)23;1-12(2)30-21-18(20(24)25-11-26-21)19(29-30)14-7-8-17(16(23)10-14)28-22(31)27-15-6-4-5-13(3)9-15;1-12(2)29-20-17(19(23)24-11-25-20)18(28-29)13-8-9-16(15(22)10-13)27-21(30)26-14-6-4-3-5-7-14/h4-11H,1-3H3,(H2,25,26,27)(H2,28,29,32);4-12H,1-3H3,(H2,24,25,26)(H2,27,28,31);3-12H,1-2H3,(H2,23,24,25)(H2,26,27,30). The molecule has 0 bridgehead atoms. The summed E-state index contributed by atoms with van der Waals surface area (Å²) in [6, 6.07) is 31.9. The van der Waals surface area contributed by atoms with E-state index in [2.05, 4.69) is 77.1 Å². The number of urea groups is 3. The molecule has 6 aromatic heterocycles. The number of aromatic nitrogens is 12. The second kappa shape index (κ2) is 27.3. The topological polar surface area (TPSA) is 332 Å². The van der Waals surface area contributed by atoms with Crippen molar-refractivity contribution in [3.63, 3.8) is 0 Å². The van der Waals surface area contributed by atoms with Crippen LogP contribution in [-0.4, -0.2) is 77.3 Å². The normalized spacial score (nSPS) is 11.1. The van der Waals surface area contributed by atoms with Crippen molar-refractivity contribution in [3.8, 4) is 33.8 Å². The summed E-state index contributed by atoms with van der Waals surface area (Å²) in [5, 5.41) is 30.5. The third kappa shape index (κ3) is 14.3. The first kappa shape index (κ1) is 63.9. The summed E-state index contributed by atoms with van der Waals surface area (Å²) in [7, 11) is 0. The van der Waals surface area contributed by atoms with Crippen molar-refractivity contribution in [2.45, 2.75) is 73.5 Å². The maximum Gasteiger partial charge on any atom is 0.323 e. The molecule has 93 heavy (non-hydrogen) atoms. The Bertz CT molecular complexity index is 4780. The van der Waals surface area contributed by atoms with Gasteiger partial charge in [0.25, 0.3) is 0 Å². The van der Waals surface area contributed by atoms with Crippen LogP contribution in [0.5, 0.6) is 0 Å². The third-order valence-electron chi connectivity index (χ3n) is 14.2. The molecular weight excluding hydrogens is 1200 g/mol. The van der Waals surface area contributed by atoms with Crippen LogP contribution in [0.1, 0.15) is 70.8 Å². The molecule has 12 rings (SSSR count). The highest BCUT2D eigenvalue weighted by Crippen LogP contribution is 2.37. The van der Waals surface area contributed by atoms with E-state index in [9.17, 15) is 31.9 Å². The van der Waals surface area contributed by atoms with Gasteiger partial charge in [-0.05, 0) is 139 Å². The van der Waals surface area contributed by atoms with E-state index >= 15 is 0 Å². The predicted molar refractivity (Wildman–Crippen MR) is 353 cm³/mol. The molecule has 0 saturated heterocycles. The lowest BCUT2D eigenvalue weighted by Gasteiger charge is -2.10. The monoisotopic (exact) mass is 1260 g/mol. The van der Waals surface area contributed by atoms with Gasteiger partial charge in [0.15, 0.2) is 16.9 Å².